The molecule has 0 unspecified atom stereocenters. The molecular weight excluding hydrogens is 245 g/mol. The molecule has 0 bridgehead atoms. The summed E-state index contributed by atoms with van der Waals surface area (Å²) in [5, 5.41) is 3.09. The van der Waals surface area contributed by atoms with Crippen LogP contribution in [0, 0.1) is 0 Å². The van der Waals surface area contributed by atoms with Crippen molar-refractivity contribution in [2.75, 3.05) is 5.32 Å². The van der Waals surface area contributed by atoms with E-state index >= 15 is 0 Å². The summed E-state index contributed by atoms with van der Waals surface area (Å²) in [4.78, 5) is -0.226. The Bertz CT molecular complexity index is 597. The van der Waals surface area contributed by atoms with Crippen LogP contribution in [0.4, 0.5) is 11.4 Å². The third-order valence-corrected chi connectivity index (χ3v) is 3.05. The van der Waals surface area contributed by atoms with E-state index in [2.05, 4.69) is 5.32 Å². The average Bonchev–Trinajstić information content (AvgIpc) is 2.30. The smallest absolute Gasteiger partial charge is 0.744 e. The summed E-state index contributed by atoms with van der Waals surface area (Å²) in [5.74, 6) is 0. The van der Waals surface area contributed by atoms with Crippen molar-refractivity contribution in [1.29, 1.82) is 0 Å². The second-order valence-corrected chi connectivity index (χ2v) is 4.85. The first-order valence-electron chi connectivity index (χ1n) is 4.94. The first-order valence-corrected chi connectivity index (χ1v) is 6.34. The van der Waals surface area contributed by atoms with Gasteiger partial charge in [-0.15, -0.1) is 0 Å². The molecule has 0 aromatic heterocycles. The van der Waals surface area contributed by atoms with E-state index in [1.165, 1.54) is 12.1 Å². The van der Waals surface area contributed by atoms with Gasteiger partial charge >= 0.3 is 18.9 Å². The van der Waals surface area contributed by atoms with Crippen molar-refractivity contribution in [2.45, 2.75) is 4.90 Å². The number of nitrogens with one attached hydrogen (secondary N) is 1. The van der Waals surface area contributed by atoms with Gasteiger partial charge in [0.1, 0.15) is 10.1 Å². The molecule has 4 nitrogen and oxygen atoms in total. The van der Waals surface area contributed by atoms with E-state index in [4.69, 9.17) is 0 Å². The van der Waals surface area contributed by atoms with E-state index < -0.39 is 10.1 Å². The molecule has 0 heterocycles. The maximum absolute atomic E-state index is 10.7. The molecule has 0 aliphatic rings. The second kappa shape index (κ2) is 6.07. The molecule has 0 saturated carbocycles. The second-order valence-electron chi connectivity index (χ2n) is 3.47. The van der Waals surface area contributed by atoms with Crippen molar-refractivity contribution in [3.8, 4) is 0 Å². The SMILES string of the molecule is O=S(=O)([O-])c1ccc(Nc2ccccc2)cc1.[Li+]. The van der Waals surface area contributed by atoms with Crippen LogP contribution in [0.5, 0.6) is 0 Å². The fourth-order valence-corrected chi connectivity index (χ4v) is 1.86. The number of para-hydroxylation sites is 1. The molecule has 0 radical (unpaired) electrons. The summed E-state index contributed by atoms with van der Waals surface area (Å²) in [6.45, 7) is 0. The quantitative estimate of drug-likeness (QED) is 0.584. The largest absolute Gasteiger partial charge is 1.00 e. The molecular formula is C12H10LiNO3S. The third-order valence-electron chi connectivity index (χ3n) is 2.21. The Morgan fingerprint density at radius 2 is 1.33 bits per heavy atom. The molecule has 0 fully saturated rings. The van der Waals surface area contributed by atoms with Gasteiger partial charge in [0, 0.05) is 11.4 Å². The van der Waals surface area contributed by atoms with Crippen LogP contribution in [0.2, 0.25) is 0 Å². The van der Waals surface area contributed by atoms with Gasteiger partial charge in [0.15, 0.2) is 0 Å². The van der Waals surface area contributed by atoms with Crippen molar-refractivity contribution in [3.63, 3.8) is 0 Å². The molecule has 0 saturated heterocycles. The summed E-state index contributed by atoms with van der Waals surface area (Å²) >= 11 is 0. The Kier molecular flexibility index (Phi) is 5.00. The zero-order valence-electron chi connectivity index (χ0n) is 9.83. The standard InChI is InChI=1S/C12H11NO3S.Li/c14-17(15,16)12-8-6-11(7-9-12)13-10-4-2-1-3-5-10;/h1-9,13H,(H,14,15,16);/q;+1/p-1. The number of anilines is 2. The van der Waals surface area contributed by atoms with Crippen molar-refractivity contribution in [2.24, 2.45) is 0 Å². The van der Waals surface area contributed by atoms with Crippen LogP contribution >= 0.6 is 0 Å². The zero-order chi connectivity index (χ0) is 12.3. The first-order chi connectivity index (χ1) is 8.05. The molecule has 2 aromatic carbocycles. The summed E-state index contributed by atoms with van der Waals surface area (Å²) in [5.41, 5.74) is 1.62. The molecule has 88 valence electrons. The van der Waals surface area contributed by atoms with Crippen LogP contribution in [0.25, 0.3) is 0 Å². The Morgan fingerprint density at radius 3 is 1.83 bits per heavy atom. The average molecular weight is 255 g/mol. The van der Waals surface area contributed by atoms with E-state index in [1.807, 2.05) is 30.3 Å². The Labute approximate surface area is 118 Å². The first kappa shape index (κ1) is 14.8. The molecule has 6 heteroatoms. The van der Waals surface area contributed by atoms with E-state index in [0.29, 0.717) is 0 Å². The van der Waals surface area contributed by atoms with Gasteiger partial charge in [-0.25, -0.2) is 8.42 Å². The summed E-state index contributed by atoms with van der Waals surface area (Å²) in [6, 6.07) is 15.1. The van der Waals surface area contributed by atoms with Crippen LogP contribution < -0.4 is 24.2 Å². The number of hydrogen-bond acceptors (Lipinski definition) is 4. The minimum atomic E-state index is -4.37. The summed E-state index contributed by atoms with van der Waals surface area (Å²) in [6.07, 6.45) is 0. The molecule has 0 spiro atoms. The van der Waals surface area contributed by atoms with Gasteiger partial charge in [0.2, 0.25) is 0 Å². The molecule has 0 aliphatic carbocycles. The number of hydrogen-bond donors (Lipinski definition) is 1. The Hall–Kier alpha value is -1.25. The van der Waals surface area contributed by atoms with Gasteiger partial charge in [0.25, 0.3) is 0 Å². The maximum Gasteiger partial charge on any atom is 1.00 e. The normalized spacial score (nSPS) is 10.5. The van der Waals surface area contributed by atoms with Crippen molar-refractivity contribution >= 4 is 21.5 Å². The van der Waals surface area contributed by atoms with Gasteiger partial charge in [-0.2, -0.15) is 0 Å². The van der Waals surface area contributed by atoms with Gasteiger partial charge in [-0.05, 0) is 36.4 Å². The molecule has 18 heavy (non-hydrogen) atoms. The Balaban J connectivity index is 0.00000162. The fourth-order valence-electron chi connectivity index (χ4n) is 1.39. The van der Waals surface area contributed by atoms with Gasteiger partial charge < -0.3 is 9.87 Å². The summed E-state index contributed by atoms with van der Waals surface area (Å²) in [7, 11) is -4.37. The summed E-state index contributed by atoms with van der Waals surface area (Å²) < 4.78 is 32.2. The van der Waals surface area contributed by atoms with Gasteiger partial charge in [-0.3, -0.25) is 0 Å². The minimum absolute atomic E-state index is 0. The predicted octanol–water partition coefficient (Wildman–Crippen LogP) is -0.662. The predicted molar refractivity (Wildman–Crippen MR) is 64.1 cm³/mol. The molecule has 0 atom stereocenters. The van der Waals surface area contributed by atoms with Crippen molar-refractivity contribution in [3.05, 3.63) is 54.6 Å². The topological polar surface area (TPSA) is 69.2 Å². The van der Waals surface area contributed by atoms with E-state index in [9.17, 15) is 13.0 Å². The van der Waals surface area contributed by atoms with E-state index in [0.717, 1.165) is 11.4 Å². The molecule has 2 aromatic rings. The third kappa shape index (κ3) is 3.90. The van der Waals surface area contributed by atoms with Crippen LogP contribution in [-0.4, -0.2) is 13.0 Å². The van der Waals surface area contributed by atoms with Crippen LogP contribution in [-0.2, 0) is 10.1 Å². The van der Waals surface area contributed by atoms with Crippen LogP contribution in [0.15, 0.2) is 59.5 Å². The molecule has 0 amide bonds. The van der Waals surface area contributed by atoms with Crippen molar-refractivity contribution < 1.29 is 31.8 Å². The van der Waals surface area contributed by atoms with Gasteiger partial charge in [-0.1, -0.05) is 18.2 Å². The van der Waals surface area contributed by atoms with E-state index in [-0.39, 0.29) is 23.8 Å². The Morgan fingerprint density at radius 1 is 0.833 bits per heavy atom. The molecule has 2 rings (SSSR count). The van der Waals surface area contributed by atoms with Crippen molar-refractivity contribution in [1.82, 2.24) is 0 Å². The molecule has 0 aliphatic heterocycles. The fraction of sp³-hybridized carbons (Fsp3) is 0. The van der Waals surface area contributed by atoms with Gasteiger partial charge in [0.05, 0.1) is 4.90 Å². The number of benzene rings is 2. The molecule has 1 N–H and O–H groups in total. The monoisotopic (exact) mass is 255 g/mol. The number of rotatable bonds is 3. The van der Waals surface area contributed by atoms with Crippen LogP contribution in [0.3, 0.4) is 0 Å². The minimum Gasteiger partial charge on any atom is -0.744 e. The van der Waals surface area contributed by atoms with E-state index in [1.54, 1.807) is 12.1 Å². The zero-order valence-corrected chi connectivity index (χ0v) is 10.6. The maximum atomic E-state index is 10.7. The van der Waals surface area contributed by atoms with Crippen LogP contribution in [0.1, 0.15) is 0 Å².